The van der Waals surface area contributed by atoms with Gasteiger partial charge in [0.15, 0.2) is 0 Å². The third kappa shape index (κ3) is 2.23. The summed E-state index contributed by atoms with van der Waals surface area (Å²) in [5.41, 5.74) is 9.12. The van der Waals surface area contributed by atoms with Crippen molar-refractivity contribution >= 4 is 5.91 Å². The Kier molecular flexibility index (Phi) is 3.00. The number of aryl methyl sites for hydroxylation is 1. The lowest BCUT2D eigenvalue weighted by Crippen LogP contribution is -2.44. The first-order valence-electron chi connectivity index (χ1n) is 7.70. The molecule has 0 radical (unpaired) electrons. The predicted octanol–water partition coefficient (Wildman–Crippen LogP) is 1.44. The quantitative estimate of drug-likeness (QED) is 0.779. The standard InChI is InChI=1S/C16H21N3O/c20-16(15-9-14(18-19-15)11-5-6-11)17-13-8-7-10-3-1-2-4-12(10)13/h1-4,11,13-15,18-19H,5-9H2,(H,17,20). The minimum Gasteiger partial charge on any atom is -0.348 e. The van der Waals surface area contributed by atoms with Crippen LogP contribution in [0.2, 0.25) is 0 Å². The molecule has 1 aliphatic heterocycles. The summed E-state index contributed by atoms with van der Waals surface area (Å²) in [6.45, 7) is 0. The Morgan fingerprint density at radius 3 is 2.85 bits per heavy atom. The number of fused-ring (bicyclic) bond motifs is 1. The van der Waals surface area contributed by atoms with Gasteiger partial charge in [-0.25, -0.2) is 5.43 Å². The van der Waals surface area contributed by atoms with E-state index in [-0.39, 0.29) is 18.0 Å². The average Bonchev–Trinajstić information content (AvgIpc) is 3.06. The van der Waals surface area contributed by atoms with E-state index in [1.54, 1.807) is 0 Å². The fourth-order valence-corrected chi connectivity index (χ4v) is 3.54. The maximum absolute atomic E-state index is 12.4. The number of carbonyl (C=O) groups is 1. The fourth-order valence-electron chi connectivity index (χ4n) is 3.54. The van der Waals surface area contributed by atoms with Gasteiger partial charge in [-0.05, 0) is 49.1 Å². The molecule has 0 spiro atoms. The molecule has 1 aromatic carbocycles. The van der Waals surface area contributed by atoms with Gasteiger partial charge in [-0.15, -0.1) is 0 Å². The highest BCUT2D eigenvalue weighted by molar-refractivity contribution is 5.82. The predicted molar refractivity (Wildman–Crippen MR) is 76.8 cm³/mol. The monoisotopic (exact) mass is 271 g/mol. The first kappa shape index (κ1) is 12.4. The van der Waals surface area contributed by atoms with Crippen LogP contribution >= 0.6 is 0 Å². The number of amides is 1. The topological polar surface area (TPSA) is 53.2 Å². The summed E-state index contributed by atoms with van der Waals surface area (Å²) in [6, 6.07) is 9.05. The van der Waals surface area contributed by atoms with Crippen LogP contribution in [-0.4, -0.2) is 18.0 Å². The highest BCUT2D eigenvalue weighted by atomic mass is 16.2. The maximum Gasteiger partial charge on any atom is 0.239 e. The zero-order valence-corrected chi connectivity index (χ0v) is 11.6. The van der Waals surface area contributed by atoms with Gasteiger partial charge >= 0.3 is 0 Å². The number of carbonyl (C=O) groups excluding carboxylic acids is 1. The second kappa shape index (κ2) is 4.86. The van der Waals surface area contributed by atoms with Crippen LogP contribution in [0.15, 0.2) is 24.3 Å². The Labute approximate surface area is 119 Å². The van der Waals surface area contributed by atoms with E-state index in [9.17, 15) is 4.79 Å². The van der Waals surface area contributed by atoms with Crippen molar-refractivity contribution in [3.05, 3.63) is 35.4 Å². The van der Waals surface area contributed by atoms with Crippen molar-refractivity contribution in [3.8, 4) is 0 Å². The zero-order chi connectivity index (χ0) is 13.5. The lowest BCUT2D eigenvalue weighted by Gasteiger charge is -2.17. The molecular weight excluding hydrogens is 250 g/mol. The van der Waals surface area contributed by atoms with Crippen molar-refractivity contribution in [2.75, 3.05) is 0 Å². The van der Waals surface area contributed by atoms with Gasteiger partial charge in [0.2, 0.25) is 5.91 Å². The van der Waals surface area contributed by atoms with E-state index in [0.717, 1.165) is 25.2 Å². The van der Waals surface area contributed by atoms with Gasteiger partial charge in [0.25, 0.3) is 0 Å². The molecule has 0 aromatic heterocycles. The van der Waals surface area contributed by atoms with E-state index in [1.807, 2.05) is 0 Å². The van der Waals surface area contributed by atoms with E-state index in [1.165, 1.54) is 24.0 Å². The Morgan fingerprint density at radius 2 is 2.00 bits per heavy atom. The molecule has 3 unspecified atom stereocenters. The summed E-state index contributed by atoms with van der Waals surface area (Å²) in [5.74, 6) is 0.926. The van der Waals surface area contributed by atoms with Crippen LogP contribution in [0.25, 0.3) is 0 Å². The summed E-state index contributed by atoms with van der Waals surface area (Å²) in [5, 5.41) is 3.22. The Bertz CT molecular complexity index is 526. The molecule has 0 bridgehead atoms. The van der Waals surface area contributed by atoms with Crippen molar-refractivity contribution in [1.82, 2.24) is 16.2 Å². The van der Waals surface area contributed by atoms with Gasteiger partial charge in [0, 0.05) is 6.04 Å². The van der Waals surface area contributed by atoms with Crippen LogP contribution in [-0.2, 0) is 11.2 Å². The number of hydrogen-bond donors (Lipinski definition) is 3. The van der Waals surface area contributed by atoms with Crippen LogP contribution < -0.4 is 16.2 Å². The van der Waals surface area contributed by atoms with Crippen LogP contribution in [0.1, 0.15) is 42.9 Å². The molecule has 1 saturated carbocycles. The molecule has 4 rings (SSSR count). The fraction of sp³-hybridized carbons (Fsp3) is 0.562. The Balaban J connectivity index is 1.39. The summed E-state index contributed by atoms with van der Waals surface area (Å²) >= 11 is 0. The summed E-state index contributed by atoms with van der Waals surface area (Å²) in [7, 11) is 0. The molecule has 1 heterocycles. The minimum atomic E-state index is -0.0756. The van der Waals surface area contributed by atoms with E-state index in [2.05, 4.69) is 40.4 Å². The Hall–Kier alpha value is -1.39. The summed E-state index contributed by atoms with van der Waals surface area (Å²) in [4.78, 5) is 12.4. The zero-order valence-electron chi connectivity index (χ0n) is 11.6. The molecule has 1 amide bonds. The Morgan fingerprint density at radius 1 is 1.15 bits per heavy atom. The van der Waals surface area contributed by atoms with E-state index in [0.29, 0.717) is 6.04 Å². The first-order valence-corrected chi connectivity index (χ1v) is 7.70. The van der Waals surface area contributed by atoms with Gasteiger partial charge in [0.1, 0.15) is 6.04 Å². The van der Waals surface area contributed by atoms with E-state index >= 15 is 0 Å². The molecule has 106 valence electrons. The molecule has 3 aliphatic rings. The second-order valence-corrected chi connectivity index (χ2v) is 6.32. The van der Waals surface area contributed by atoms with Gasteiger partial charge in [-0.2, -0.15) is 0 Å². The number of hydrazine groups is 1. The van der Waals surface area contributed by atoms with Gasteiger partial charge in [-0.3, -0.25) is 10.2 Å². The van der Waals surface area contributed by atoms with Gasteiger partial charge in [-0.1, -0.05) is 24.3 Å². The molecule has 1 aromatic rings. The SMILES string of the molecule is O=C(NC1CCc2ccccc21)C1CC(C2CC2)NN1. The minimum absolute atomic E-state index is 0.0756. The van der Waals surface area contributed by atoms with Crippen molar-refractivity contribution < 1.29 is 4.79 Å². The third-order valence-corrected chi connectivity index (χ3v) is 4.89. The number of hydrogen-bond acceptors (Lipinski definition) is 3. The molecule has 3 atom stereocenters. The third-order valence-electron chi connectivity index (χ3n) is 4.89. The van der Waals surface area contributed by atoms with Crippen molar-refractivity contribution in [2.24, 2.45) is 5.92 Å². The molecule has 2 fully saturated rings. The smallest absolute Gasteiger partial charge is 0.239 e. The van der Waals surface area contributed by atoms with Crippen molar-refractivity contribution in [2.45, 2.75) is 50.2 Å². The molecule has 3 N–H and O–H groups in total. The largest absolute Gasteiger partial charge is 0.348 e. The van der Waals surface area contributed by atoms with Crippen LogP contribution in [0.5, 0.6) is 0 Å². The summed E-state index contributed by atoms with van der Waals surface area (Å²) in [6.07, 6.45) is 5.64. The number of nitrogens with one attached hydrogen (secondary N) is 3. The summed E-state index contributed by atoms with van der Waals surface area (Å²) < 4.78 is 0. The van der Waals surface area contributed by atoms with Gasteiger partial charge < -0.3 is 5.32 Å². The van der Waals surface area contributed by atoms with Crippen LogP contribution in [0.3, 0.4) is 0 Å². The van der Waals surface area contributed by atoms with Crippen molar-refractivity contribution in [3.63, 3.8) is 0 Å². The van der Waals surface area contributed by atoms with Crippen molar-refractivity contribution in [1.29, 1.82) is 0 Å². The average molecular weight is 271 g/mol. The molecule has 1 saturated heterocycles. The molecule has 4 nitrogen and oxygen atoms in total. The number of rotatable bonds is 3. The lowest BCUT2D eigenvalue weighted by molar-refractivity contribution is -0.123. The molecule has 2 aliphatic carbocycles. The highest BCUT2D eigenvalue weighted by Crippen LogP contribution is 2.36. The lowest BCUT2D eigenvalue weighted by atomic mass is 10.0. The van der Waals surface area contributed by atoms with E-state index < -0.39 is 0 Å². The molecule has 20 heavy (non-hydrogen) atoms. The molecule has 4 heteroatoms. The second-order valence-electron chi connectivity index (χ2n) is 6.32. The normalized spacial score (nSPS) is 32.1. The maximum atomic E-state index is 12.4. The van der Waals surface area contributed by atoms with Crippen LogP contribution in [0, 0.1) is 5.92 Å². The molecular formula is C16H21N3O. The van der Waals surface area contributed by atoms with Crippen LogP contribution in [0.4, 0.5) is 0 Å². The number of benzene rings is 1. The van der Waals surface area contributed by atoms with E-state index in [4.69, 9.17) is 0 Å². The first-order chi connectivity index (χ1) is 9.81. The van der Waals surface area contributed by atoms with Gasteiger partial charge in [0.05, 0.1) is 6.04 Å². The highest BCUT2D eigenvalue weighted by Gasteiger charge is 2.39.